The van der Waals surface area contributed by atoms with E-state index in [4.69, 9.17) is 0 Å². The minimum Gasteiger partial charge on any atom is -0.316 e. The van der Waals surface area contributed by atoms with E-state index >= 15 is 0 Å². The normalized spacial score (nSPS) is 12.0. The molecule has 3 rings (SSSR count). The summed E-state index contributed by atoms with van der Waals surface area (Å²) in [5.74, 6) is 1.71. The summed E-state index contributed by atoms with van der Waals surface area (Å²) < 4.78 is 3.37. The molecule has 3 aromatic rings. The van der Waals surface area contributed by atoms with Crippen molar-refractivity contribution < 1.29 is 4.79 Å². The molecule has 1 heterocycles. The lowest BCUT2D eigenvalue weighted by molar-refractivity contribution is -0.117. The predicted molar refractivity (Wildman–Crippen MR) is 120 cm³/mol. The van der Waals surface area contributed by atoms with Crippen molar-refractivity contribution in [3.8, 4) is 0 Å². The van der Waals surface area contributed by atoms with E-state index in [2.05, 4.69) is 72.1 Å². The van der Waals surface area contributed by atoms with Crippen LogP contribution in [0.5, 0.6) is 0 Å². The van der Waals surface area contributed by atoms with Crippen molar-refractivity contribution in [3.05, 3.63) is 58.4 Å². The number of hydrogen-bond acceptors (Lipinski definition) is 4. The summed E-state index contributed by atoms with van der Waals surface area (Å²) in [4.78, 5) is 18.9. The van der Waals surface area contributed by atoms with Crippen molar-refractivity contribution in [1.29, 1.82) is 0 Å². The van der Waals surface area contributed by atoms with Gasteiger partial charge >= 0.3 is 0 Å². The maximum Gasteiger partial charge on any atom is 0.249 e. The Kier molecular flexibility index (Phi) is 7.21. The zero-order chi connectivity index (χ0) is 19.2. The van der Waals surface area contributed by atoms with E-state index in [1.807, 2.05) is 0 Å². The first-order valence-corrected chi connectivity index (χ1v) is 12.1. The van der Waals surface area contributed by atoms with Gasteiger partial charge in [-0.2, -0.15) is 16.8 Å². The number of carbonyl (C=O) groups is 1. The number of fused-ring (bicyclic) bond motifs is 1. The van der Waals surface area contributed by atoms with Crippen LogP contribution in [0.15, 0.2) is 52.4 Å². The SMILES string of the molecule is CSCCn1c(=NC(=O)CCSc2ccc(C)cc2)sc2cc(C)ccc21. The van der Waals surface area contributed by atoms with Crippen molar-refractivity contribution in [2.45, 2.75) is 31.7 Å². The van der Waals surface area contributed by atoms with Crippen LogP contribution in [-0.4, -0.2) is 28.2 Å². The van der Waals surface area contributed by atoms with Crippen LogP contribution in [0.4, 0.5) is 0 Å². The number of amides is 1. The summed E-state index contributed by atoms with van der Waals surface area (Å²) >= 11 is 5.12. The molecule has 0 aliphatic heterocycles. The Labute approximate surface area is 172 Å². The molecule has 0 fully saturated rings. The van der Waals surface area contributed by atoms with E-state index in [0.717, 1.165) is 22.9 Å². The first-order valence-electron chi connectivity index (χ1n) is 8.93. The van der Waals surface area contributed by atoms with Gasteiger partial charge in [-0.05, 0) is 49.9 Å². The maximum atomic E-state index is 12.4. The third-order valence-corrected chi connectivity index (χ3v) is 6.83. The topological polar surface area (TPSA) is 34.4 Å². The summed E-state index contributed by atoms with van der Waals surface area (Å²) in [5.41, 5.74) is 3.65. The van der Waals surface area contributed by atoms with Crippen LogP contribution >= 0.6 is 34.9 Å². The van der Waals surface area contributed by atoms with Crippen molar-refractivity contribution in [2.75, 3.05) is 17.8 Å². The lowest BCUT2D eigenvalue weighted by atomic mass is 10.2. The second-order valence-corrected chi connectivity index (χ2v) is 9.58. The van der Waals surface area contributed by atoms with Crippen LogP contribution < -0.4 is 4.80 Å². The number of carbonyl (C=O) groups excluding carboxylic acids is 1. The van der Waals surface area contributed by atoms with Crippen LogP contribution in [0, 0.1) is 13.8 Å². The molecule has 1 aromatic heterocycles. The number of thiazole rings is 1. The van der Waals surface area contributed by atoms with Crippen molar-refractivity contribution in [1.82, 2.24) is 4.57 Å². The van der Waals surface area contributed by atoms with Gasteiger partial charge in [-0.1, -0.05) is 35.1 Å². The molecule has 142 valence electrons. The van der Waals surface area contributed by atoms with Gasteiger partial charge < -0.3 is 4.57 Å². The highest BCUT2D eigenvalue weighted by Gasteiger charge is 2.08. The fourth-order valence-corrected chi connectivity index (χ4v) is 5.10. The summed E-state index contributed by atoms with van der Waals surface area (Å²) in [5, 5.41) is 0. The lowest BCUT2D eigenvalue weighted by Crippen LogP contribution is -2.18. The Balaban J connectivity index is 1.75. The van der Waals surface area contributed by atoms with Gasteiger partial charge in [-0.3, -0.25) is 4.79 Å². The predicted octanol–water partition coefficient (Wildman–Crippen LogP) is 5.29. The highest BCUT2D eigenvalue weighted by molar-refractivity contribution is 7.99. The number of rotatable bonds is 7. The Bertz CT molecular complexity index is 987. The van der Waals surface area contributed by atoms with Crippen molar-refractivity contribution >= 4 is 51.0 Å². The minimum atomic E-state index is -0.0456. The Morgan fingerprint density at radius 1 is 1.07 bits per heavy atom. The molecule has 0 bridgehead atoms. The Morgan fingerprint density at radius 3 is 2.56 bits per heavy atom. The Hall–Kier alpha value is -1.50. The van der Waals surface area contributed by atoms with Gasteiger partial charge in [0.2, 0.25) is 5.91 Å². The average Bonchev–Trinajstić information content (AvgIpc) is 2.97. The van der Waals surface area contributed by atoms with Crippen molar-refractivity contribution in [3.63, 3.8) is 0 Å². The molecule has 0 atom stereocenters. The third kappa shape index (κ3) is 5.50. The van der Waals surface area contributed by atoms with Gasteiger partial charge in [0, 0.05) is 29.4 Å². The molecule has 0 saturated carbocycles. The third-order valence-electron chi connectivity index (χ3n) is 4.18. The van der Waals surface area contributed by atoms with Crippen LogP contribution in [0.3, 0.4) is 0 Å². The monoisotopic (exact) mass is 416 g/mol. The molecule has 0 spiro atoms. The van der Waals surface area contributed by atoms with Gasteiger partial charge in [0.25, 0.3) is 0 Å². The summed E-state index contributed by atoms with van der Waals surface area (Å²) in [6, 6.07) is 14.8. The smallest absolute Gasteiger partial charge is 0.249 e. The van der Waals surface area contributed by atoms with Gasteiger partial charge in [-0.25, -0.2) is 0 Å². The number of aryl methyl sites for hydroxylation is 3. The highest BCUT2D eigenvalue weighted by atomic mass is 32.2. The Morgan fingerprint density at radius 2 is 1.81 bits per heavy atom. The van der Waals surface area contributed by atoms with Gasteiger partial charge in [-0.15, -0.1) is 11.8 Å². The van der Waals surface area contributed by atoms with Crippen LogP contribution in [0.1, 0.15) is 17.5 Å². The average molecular weight is 417 g/mol. The number of thioether (sulfide) groups is 2. The molecule has 0 aliphatic rings. The first kappa shape index (κ1) is 20.2. The molecule has 0 aliphatic carbocycles. The molecule has 0 saturated heterocycles. The number of aromatic nitrogens is 1. The molecule has 3 nitrogen and oxygen atoms in total. The van der Waals surface area contributed by atoms with E-state index in [9.17, 15) is 4.79 Å². The fourth-order valence-electron chi connectivity index (χ4n) is 2.72. The summed E-state index contributed by atoms with van der Waals surface area (Å²) in [6.45, 7) is 5.04. The molecule has 6 heteroatoms. The molecule has 0 radical (unpaired) electrons. The first-order chi connectivity index (χ1) is 13.1. The largest absolute Gasteiger partial charge is 0.316 e. The van der Waals surface area contributed by atoms with Crippen LogP contribution in [0.2, 0.25) is 0 Å². The standard InChI is InChI=1S/C21H24N2OS3/c1-15-4-7-17(8-5-15)26-12-10-20(24)22-21-23(11-13-25-3)18-9-6-16(2)14-19(18)27-21/h4-9,14H,10-13H2,1-3H3. The van der Waals surface area contributed by atoms with Gasteiger partial charge in [0.05, 0.1) is 10.2 Å². The molecule has 0 N–H and O–H groups in total. The quantitative estimate of drug-likeness (QED) is 0.491. The molecular weight excluding hydrogens is 392 g/mol. The number of hydrogen-bond donors (Lipinski definition) is 0. The number of benzene rings is 2. The maximum absolute atomic E-state index is 12.4. The molecule has 27 heavy (non-hydrogen) atoms. The van der Waals surface area contributed by atoms with Gasteiger partial charge in [0.15, 0.2) is 4.80 Å². The lowest BCUT2D eigenvalue weighted by Gasteiger charge is -2.04. The second-order valence-electron chi connectivity index (χ2n) is 6.42. The van der Waals surface area contributed by atoms with Crippen LogP contribution in [-0.2, 0) is 11.3 Å². The van der Waals surface area contributed by atoms with E-state index < -0.39 is 0 Å². The van der Waals surface area contributed by atoms with E-state index in [-0.39, 0.29) is 5.91 Å². The molecular formula is C21H24N2OS3. The molecule has 2 aromatic carbocycles. The molecule has 0 unspecified atom stereocenters. The zero-order valence-corrected chi connectivity index (χ0v) is 18.3. The van der Waals surface area contributed by atoms with Crippen LogP contribution in [0.25, 0.3) is 10.2 Å². The summed E-state index contributed by atoms with van der Waals surface area (Å²) in [6.07, 6.45) is 2.55. The second kappa shape index (κ2) is 9.62. The molecule has 1 amide bonds. The summed E-state index contributed by atoms with van der Waals surface area (Å²) in [7, 11) is 0. The van der Waals surface area contributed by atoms with E-state index in [0.29, 0.717) is 6.42 Å². The number of nitrogens with zero attached hydrogens (tertiary/aromatic N) is 2. The highest BCUT2D eigenvalue weighted by Crippen LogP contribution is 2.21. The minimum absolute atomic E-state index is 0.0456. The fraction of sp³-hybridized carbons (Fsp3) is 0.333. The van der Waals surface area contributed by atoms with Crippen molar-refractivity contribution in [2.24, 2.45) is 4.99 Å². The van der Waals surface area contributed by atoms with E-state index in [1.165, 1.54) is 26.2 Å². The van der Waals surface area contributed by atoms with E-state index in [1.54, 1.807) is 34.9 Å². The van der Waals surface area contributed by atoms with Gasteiger partial charge in [0.1, 0.15) is 0 Å². The zero-order valence-electron chi connectivity index (χ0n) is 15.9.